The maximum atomic E-state index is 12.9. The molecule has 21 heavy (non-hydrogen) atoms. The van der Waals surface area contributed by atoms with Crippen molar-refractivity contribution in [1.82, 2.24) is 15.0 Å². The second-order valence-corrected chi connectivity index (χ2v) is 4.78. The van der Waals surface area contributed by atoms with Crippen LogP contribution in [0.2, 0.25) is 0 Å². The van der Waals surface area contributed by atoms with Crippen LogP contribution in [-0.2, 0) is 0 Å². The smallest absolute Gasteiger partial charge is 0.232 e. The van der Waals surface area contributed by atoms with E-state index in [1.165, 1.54) is 24.5 Å². The van der Waals surface area contributed by atoms with Crippen LogP contribution in [0.3, 0.4) is 0 Å². The van der Waals surface area contributed by atoms with E-state index >= 15 is 0 Å². The van der Waals surface area contributed by atoms with E-state index in [2.05, 4.69) is 30.9 Å². The third-order valence-corrected chi connectivity index (χ3v) is 3.24. The van der Waals surface area contributed by atoms with Crippen LogP contribution in [-0.4, -0.2) is 15.0 Å². The van der Waals surface area contributed by atoms with Crippen LogP contribution in [0.25, 0.3) is 22.7 Å². The van der Waals surface area contributed by atoms with Gasteiger partial charge in [-0.1, -0.05) is 0 Å². The molecule has 0 N–H and O–H groups in total. The molecule has 0 saturated heterocycles. The molecule has 0 amide bonds. The molecule has 2 heterocycles. The first-order valence-corrected chi connectivity index (χ1v) is 6.61. The quantitative estimate of drug-likeness (QED) is 0.710. The van der Waals surface area contributed by atoms with Crippen LogP contribution >= 0.6 is 15.9 Å². The molecule has 2 aromatic heterocycles. The van der Waals surface area contributed by atoms with E-state index in [1.807, 2.05) is 6.07 Å². The molecule has 3 aromatic rings. The predicted molar refractivity (Wildman–Crippen MR) is 75.3 cm³/mol. The topological polar surface area (TPSA) is 75.6 Å². The van der Waals surface area contributed by atoms with Gasteiger partial charge in [-0.25, -0.2) is 19.3 Å². The van der Waals surface area contributed by atoms with Crippen molar-refractivity contribution in [1.29, 1.82) is 5.26 Å². The molecule has 0 aliphatic heterocycles. The van der Waals surface area contributed by atoms with Crippen molar-refractivity contribution in [3.05, 3.63) is 53.0 Å². The summed E-state index contributed by atoms with van der Waals surface area (Å²) in [5.74, 6) is 0.100. The van der Waals surface area contributed by atoms with Gasteiger partial charge in [0.25, 0.3) is 0 Å². The van der Waals surface area contributed by atoms with Crippen molar-refractivity contribution < 1.29 is 8.81 Å². The van der Waals surface area contributed by atoms with Gasteiger partial charge >= 0.3 is 0 Å². The summed E-state index contributed by atoms with van der Waals surface area (Å²) in [6.45, 7) is 0. The predicted octanol–water partition coefficient (Wildman–Crippen LogP) is 3.57. The minimum Gasteiger partial charge on any atom is -0.429 e. The van der Waals surface area contributed by atoms with Crippen LogP contribution in [0, 0.1) is 17.1 Å². The number of hydrogen-bond donors (Lipinski definition) is 0. The van der Waals surface area contributed by atoms with E-state index < -0.39 is 0 Å². The lowest BCUT2D eigenvalue weighted by Crippen LogP contribution is -1.89. The van der Waals surface area contributed by atoms with Gasteiger partial charge in [-0.15, -0.1) is 0 Å². The molecule has 102 valence electrons. The number of nitrogens with zero attached hydrogens (tertiary/aromatic N) is 4. The van der Waals surface area contributed by atoms with E-state index in [9.17, 15) is 4.39 Å². The molecule has 0 atom stereocenters. The summed E-state index contributed by atoms with van der Waals surface area (Å²) in [5, 5.41) is 8.68. The molecule has 5 nitrogen and oxygen atoms in total. The SMILES string of the molecule is N#Cc1ncc(-c2nc(-c3ccc(F)cc3)oc2Br)cn1. The van der Waals surface area contributed by atoms with Gasteiger partial charge in [0.1, 0.15) is 17.6 Å². The zero-order chi connectivity index (χ0) is 14.8. The number of rotatable bonds is 2. The second kappa shape index (κ2) is 5.42. The van der Waals surface area contributed by atoms with Gasteiger partial charge in [-0.2, -0.15) is 5.26 Å². The fourth-order valence-corrected chi connectivity index (χ4v) is 2.17. The summed E-state index contributed by atoms with van der Waals surface area (Å²) in [6.07, 6.45) is 2.98. The zero-order valence-corrected chi connectivity index (χ0v) is 12.0. The molecular formula is C14H6BrFN4O. The van der Waals surface area contributed by atoms with E-state index in [-0.39, 0.29) is 11.6 Å². The molecule has 1 aromatic carbocycles. The Kier molecular flexibility index (Phi) is 3.46. The van der Waals surface area contributed by atoms with Gasteiger partial charge < -0.3 is 4.42 Å². The maximum absolute atomic E-state index is 12.9. The molecular weight excluding hydrogens is 339 g/mol. The molecule has 0 bridgehead atoms. The lowest BCUT2D eigenvalue weighted by molar-refractivity contribution is 0.549. The summed E-state index contributed by atoms with van der Waals surface area (Å²) in [7, 11) is 0. The third kappa shape index (κ3) is 2.66. The molecule has 0 aliphatic rings. The van der Waals surface area contributed by atoms with Crippen molar-refractivity contribution in [2.75, 3.05) is 0 Å². The van der Waals surface area contributed by atoms with Gasteiger partial charge in [0.15, 0.2) is 4.67 Å². The minimum absolute atomic E-state index is 0.0807. The molecule has 3 rings (SSSR count). The molecule has 0 radical (unpaired) electrons. The van der Waals surface area contributed by atoms with E-state index in [4.69, 9.17) is 9.68 Å². The largest absolute Gasteiger partial charge is 0.429 e. The molecule has 0 aliphatic carbocycles. The Morgan fingerprint density at radius 3 is 2.38 bits per heavy atom. The highest BCUT2D eigenvalue weighted by Gasteiger charge is 2.15. The number of nitriles is 1. The standard InChI is InChI=1S/C14H6BrFN4O/c15-13-12(9-6-18-11(5-17)19-7-9)20-14(21-13)8-1-3-10(16)4-2-8/h1-4,6-7H. The highest BCUT2D eigenvalue weighted by molar-refractivity contribution is 9.10. The van der Waals surface area contributed by atoms with Crippen LogP contribution < -0.4 is 0 Å². The van der Waals surface area contributed by atoms with Gasteiger partial charge in [0, 0.05) is 23.5 Å². The summed E-state index contributed by atoms with van der Waals surface area (Å²) in [4.78, 5) is 12.1. The first-order chi connectivity index (χ1) is 10.2. The Morgan fingerprint density at radius 2 is 1.76 bits per heavy atom. The van der Waals surface area contributed by atoms with Crippen LogP contribution in [0.5, 0.6) is 0 Å². The van der Waals surface area contributed by atoms with Gasteiger partial charge in [0.05, 0.1) is 0 Å². The molecule has 0 fully saturated rings. The lowest BCUT2D eigenvalue weighted by Gasteiger charge is -1.95. The van der Waals surface area contributed by atoms with E-state index in [0.29, 0.717) is 27.4 Å². The van der Waals surface area contributed by atoms with Crippen molar-refractivity contribution in [3.8, 4) is 28.8 Å². The van der Waals surface area contributed by atoms with Crippen molar-refractivity contribution in [2.45, 2.75) is 0 Å². The number of halogens is 2. The van der Waals surface area contributed by atoms with Crippen molar-refractivity contribution in [3.63, 3.8) is 0 Å². The Hall–Kier alpha value is -2.59. The highest BCUT2D eigenvalue weighted by atomic mass is 79.9. The number of aromatic nitrogens is 3. The highest BCUT2D eigenvalue weighted by Crippen LogP contribution is 2.32. The summed E-state index contributed by atoms with van der Waals surface area (Å²) >= 11 is 3.28. The maximum Gasteiger partial charge on any atom is 0.232 e. The van der Waals surface area contributed by atoms with Crippen molar-refractivity contribution >= 4 is 15.9 Å². The number of benzene rings is 1. The Bertz CT molecular complexity index is 822. The fraction of sp³-hybridized carbons (Fsp3) is 0. The van der Waals surface area contributed by atoms with Gasteiger partial charge in [-0.3, -0.25) is 0 Å². The molecule has 7 heteroatoms. The third-order valence-electron chi connectivity index (χ3n) is 2.70. The lowest BCUT2D eigenvalue weighted by atomic mass is 10.2. The van der Waals surface area contributed by atoms with E-state index in [0.717, 1.165) is 0 Å². The van der Waals surface area contributed by atoms with Crippen LogP contribution in [0.15, 0.2) is 45.7 Å². The monoisotopic (exact) mass is 344 g/mol. The second-order valence-electron chi connectivity index (χ2n) is 4.06. The average Bonchev–Trinajstić information content (AvgIpc) is 2.90. The molecule has 0 unspecified atom stereocenters. The first kappa shape index (κ1) is 13.4. The summed E-state index contributed by atoms with van der Waals surface area (Å²) in [6, 6.07) is 7.66. The van der Waals surface area contributed by atoms with Gasteiger partial charge in [-0.05, 0) is 40.2 Å². The Balaban J connectivity index is 2.01. The normalized spacial score (nSPS) is 10.3. The van der Waals surface area contributed by atoms with Crippen LogP contribution in [0.4, 0.5) is 4.39 Å². The number of hydrogen-bond acceptors (Lipinski definition) is 5. The average molecular weight is 345 g/mol. The fourth-order valence-electron chi connectivity index (χ4n) is 1.70. The zero-order valence-electron chi connectivity index (χ0n) is 10.4. The Labute approximate surface area is 127 Å². The van der Waals surface area contributed by atoms with Crippen LogP contribution in [0.1, 0.15) is 5.82 Å². The minimum atomic E-state index is -0.329. The number of oxazole rings is 1. The van der Waals surface area contributed by atoms with Crippen molar-refractivity contribution in [2.24, 2.45) is 0 Å². The van der Waals surface area contributed by atoms with E-state index in [1.54, 1.807) is 12.1 Å². The molecule has 0 saturated carbocycles. The first-order valence-electron chi connectivity index (χ1n) is 5.82. The Morgan fingerprint density at radius 1 is 1.10 bits per heavy atom. The summed E-state index contributed by atoms with van der Waals surface area (Å²) in [5.41, 5.74) is 1.77. The molecule has 0 spiro atoms. The van der Waals surface area contributed by atoms with Gasteiger partial charge in [0.2, 0.25) is 11.7 Å². The summed E-state index contributed by atoms with van der Waals surface area (Å²) < 4.78 is 18.8.